The van der Waals surface area contributed by atoms with Gasteiger partial charge in [-0.15, -0.1) is 0 Å². The van der Waals surface area contributed by atoms with Gasteiger partial charge in [0.15, 0.2) is 0 Å². The first-order valence-electron chi connectivity index (χ1n) is 5.49. The molecule has 1 amide bonds. The van der Waals surface area contributed by atoms with Crippen LogP contribution in [0.4, 0.5) is 5.69 Å². The smallest absolute Gasteiger partial charge is 0.274 e. The van der Waals surface area contributed by atoms with Crippen molar-refractivity contribution in [3.05, 3.63) is 37.8 Å². The van der Waals surface area contributed by atoms with E-state index in [2.05, 4.69) is 21.2 Å². The Hall–Kier alpha value is -1.94. The van der Waals surface area contributed by atoms with E-state index in [-0.39, 0.29) is 23.7 Å². The van der Waals surface area contributed by atoms with Crippen molar-refractivity contribution in [1.82, 2.24) is 5.32 Å². The highest BCUT2D eigenvalue weighted by atomic mass is 79.9. The van der Waals surface area contributed by atoms with Crippen LogP contribution in [0.25, 0.3) is 0 Å². The van der Waals surface area contributed by atoms with Crippen LogP contribution in [0.2, 0.25) is 0 Å². The summed E-state index contributed by atoms with van der Waals surface area (Å²) in [6, 6.07) is 4.51. The van der Waals surface area contributed by atoms with Crippen LogP contribution in [-0.4, -0.2) is 16.9 Å². The van der Waals surface area contributed by atoms with Gasteiger partial charge in [-0.05, 0) is 19.9 Å². The second-order valence-electron chi connectivity index (χ2n) is 4.09. The Labute approximate surface area is 118 Å². The summed E-state index contributed by atoms with van der Waals surface area (Å²) in [5.41, 5.74) is 0.410. The Bertz CT molecular complexity index is 566. The van der Waals surface area contributed by atoms with Crippen LogP contribution in [0.5, 0.6) is 0 Å². The third kappa shape index (κ3) is 3.76. The number of carbonyl (C=O) groups is 1. The van der Waals surface area contributed by atoms with E-state index in [0.717, 1.165) is 0 Å². The van der Waals surface area contributed by atoms with Crippen molar-refractivity contribution in [2.75, 3.05) is 0 Å². The summed E-state index contributed by atoms with van der Waals surface area (Å²) in [6.07, 6.45) is 0.181. The van der Waals surface area contributed by atoms with Crippen molar-refractivity contribution >= 4 is 27.5 Å². The van der Waals surface area contributed by atoms with Gasteiger partial charge in [0.2, 0.25) is 0 Å². The van der Waals surface area contributed by atoms with Gasteiger partial charge in [0.1, 0.15) is 0 Å². The number of nitro groups is 1. The van der Waals surface area contributed by atoms with E-state index < -0.39 is 10.8 Å². The summed E-state index contributed by atoms with van der Waals surface area (Å²) in [7, 11) is 0. The lowest BCUT2D eigenvalue weighted by molar-refractivity contribution is -0.385. The SMILES string of the molecule is Cc1c(C(=O)N[C@H](C)CC#N)cc(Br)cc1[N+](=O)[O-]. The predicted octanol–water partition coefficient (Wildman–Crippen LogP) is 2.70. The zero-order valence-electron chi connectivity index (χ0n) is 10.4. The topological polar surface area (TPSA) is 96.0 Å². The molecule has 1 atom stereocenters. The molecule has 0 saturated heterocycles. The molecule has 0 aliphatic rings. The van der Waals surface area contributed by atoms with E-state index in [4.69, 9.17) is 5.26 Å². The van der Waals surface area contributed by atoms with Gasteiger partial charge >= 0.3 is 0 Å². The van der Waals surface area contributed by atoms with Crippen molar-refractivity contribution < 1.29 is 9.72 Å². The number of amides is 1. The van der Waals surface area contributed by atoms with Gasteiger partial charge in [-0.3, -0.25) is 14.9 Å². The first kappa shape index (κ1) is 15.1. The van der Waals surface area contributed by atoms with Gasteiger partial charge in [-0.1, -0.05) is 15.9 Å². The van der Waals surface area contributed by atoms with Crippen LogP contribution in [0, 0.1) is 28.4 Å². The van der Waals surface area contributed by atoms with E-state index in [0.29, 0.717) is 10.0 Å². The molecule has 0 unspecified atom stereocenters. The summed E-state index contributed by atoms with van der Waals surface area (Å²) in [6.45, 7) is 3.22. The summed E-state index contributed by atoms with van der Waals surface area (Å²) in [5.74, 6) is -0.426. The number of halogens is 1. The Balaban J connectivity index is 3.10. The molecule has 0 radical (unpaired) electrons. The van der Waals surface area contributed by atoms with Crippen molar-refractivity contribution in [2.24, 2.45) is 0 Å². The molecule has 1 N–H and O–H groups in total. The van der Waals surface area contributed by atoms with Gasteiger partial charge < -0.3 is 5.32 Å². The molecule has 0 aliphatic carbocycles. The standard InChI is InChI=1S/C12H12BrN3O3/c1-7(3-4-14)15-12(17)10-5-9(13)6-11(8(10)2)16(18)19/h5-7H,3H2,1-2H3,(H,15,17)/t7-/m1/s1. The molecule has 0 bridgehead atoms. The Morgan fingerprint density at radius 2 is 2.26 bits per heavy atom. The van der Waals surface area contributed by atoms with E-state index in [1.54, 1.807) is 6.92 Å². The van der Waals surface area contributed by atoms with Crippen LogP contribution in [0.1, 0.15) is 29.3 Å². The molecule has 0 fully saturated rings. The molecule has 7 heteroatoms. The number of hydrogen-bond acceptors (Lipinski definition) is 4. The van der Waals surface area contributed by atoms with Gasteiger partial charge in [-0.25, -0.2) is 0 Å². The van der Waals surface area contributed by atoms with Gasteiger partial charge in [-0.2, -0.15) is 5.26 Å². The van der Waals surface area contributed by atoms with E-state index in [1.165, 1.54) is 19.1 Å². The molecule has 1 aromatic rings. The number of rotatable bonds is 4. The lowest BCUT2D eigenvalue weighted by atomic mass is 10.1. The van der Waals surface area contributed by atoms with E-state index in [1.807, 2.05) is 6.07 Å². The maximum absolute atomic E-state index is 12.0. The van der Waals surface area contributed by atoms with Crippen LogP contribution < -0.4 is 5.32 Å². The van der Waals surface area contributed by atoms with Crippen molar-refractivity contribution in [1.29, 1.82) is 5.26 Å². The summed E-state index contributed by atoms with van der Waals surface area (Å²) in [5, 5.41) is 22.0. The first-order chi connectivity index (χ1) is 8.86. The molecular formula is C12H12BrN3O3. The third-order valence-electron chi connectivity index (χ3n) is 2.56. The maximum atomic E-state index is 12.0. The van der Waals surface area contributed by atoms with Gasteiger partial charge in [0.25, 0.3) is 11.6 Å². The molecule has 0 aliphatic heterocycles. The molecule has 0 spiro atoms. The third-order valence-corrected chi connectivity index (χ3v) is 3.02. The molecule has 19 heavy (non-hydrogen) atoms. The fourth-order valence-corrected chi connectivity index (χ4v) is 2.03. The van der Waals surface area contributed by atoms with Crippen LogP contribution in [0.3, 0.4) is 0 Å². The number of carbonyl (C=O) groups excluding carboxylic acids is 1. The number of nitro benzene ring substituents is 1. The van der Waals surface area contributed by atoms with Crippen LogP contribution in [0.15, 0.2) is 16.6 Å². The van der Waals surface area contributed by atoms with Gasteiger partial charge in [0, 0.05) is 22.1 Å². The lowest BCUT2D eigenvalue weighted by Gasteiger charge is -2.12. The fraction of sp³-hybridized carbons (Fsp3) is 0.333. The molecule has 6 nitrogen and oxygen atoms in total. The van der Waals surface area contributed by atoms with E-state index >= 15 is 0 Å². The summed E-state index contributed by atoms with van der Waals surface area (Å²) >= 11 is 3.14. The van der Waals surface area contributed by atoms with E-state index in [9.17, 15) is 14.9 Å². The van der Waals surface area contributed by atoms with Crippen molar-refractivity contribution in [3.63, 3.8) is 0 Å². The number of nitriles is 1. The highest BCUT2D eigenvalue weighted by molar-refractivity contribution is 9.10. The Morgan fingerprint density at radius 3 is 2.79 bits per heavy atom. The quantitative estimate of drug-likeness (QED) is 0.679. The average Bonchev–Trinajstić information content (AvgIpc) is 2.31. The first-order valence-corrected chi connectivity index (χ1v) is 6.28. The van der Waals surface area contributed by atoms with Gasteiger partial charge in [0.05, 0.1) is 23.0 Å². The second-order valence-corrected chi connectivity index (χ2v) is 5.01. The molecule has 0 saturated carbocycles. The zero-order valence-corrected chi connectivity index (χ0v) is 12.0. The van der Waals surface area contributed by atoms with Crippen molar-refractivity contribution in [3.8, 4) is 6.07 Å². The zero-order chi connectivity index (χ0) is 14.6. The number of benzene rings is 1. The number of nitrogens with one attached hydrogen (secondary N) is 1. The minimum Gasteiger partial charge on any atom is -0.349 e. The number of hydrogen-bond donors (Lipinski definition) is 1. The molecule has 0 heterocycles. The summed E-state index contributed by atoms with van der Waals surface area (Å²) in [4.78, 5) is 22.4. The highest BCUT2D eigenvalue weighted by Gasteiger charge is 2.20. The lowest BCUT2D eigenvalue weighted by Crippen LogP contribution is -2.32. The molecule has 0 aromatic heterocycles. The minimum atomic E-state index is -0.532. The van der Waals surface area contributed by atoms with Crippen LogP contribution in [-0.2, 0) is 0 Å². The minimum absolute atomic E-state index is 0.118. The molecule has 100 valence electrons. The molecular weight excluding hydrogens is 314 g/mol. The maximum Gasteiger partial charge on any atom is 0.274 e. The monoisotopic (exact) mass is 325 g/mol. The second kappa shape index (κ2) is 6.29. The Morgan fingerprint density at radius 1 is 1.63 bits per heavy atom. The average molecular weight is 326 g/mol. The largest absolute Gasteiger partial charge is 0.349 e. The number of nitrogens with zero attached hydrogens (tertiary/aromatic N) is 2. The molecule has 1 aromatic carbocycles. The fourth-order valence-electron chi connectivity index (χ4n) is 1.58. The predicted molar refractivity (Wildman–Crippen MR) is 72.7 cm³/mol. The van der Waals surface area contributed by atoms with Crippen molar-refractivity contribution in [2.45, 2.75) is 26.3 Å². The highest BCUT2D eigenvalue weighted by Crippen LogP contribution is 2.26. The molecule has 1 rings (SSSR count). The summed E-state index contributed by atoms with van der Waals surface area (Å²) < 4.78 is 0.461. The van der Waals surface area contributed by atoms with Crippen LogP contribution >= 0.6 is 15.9 Å². The normalized spacial score (nSPS) is 11.5. The Kier molecular flexibility index (Phi) is 5.01.